The van der Waals surface area contributed by atoms with E-state index in [1.807, 2.05) is 0 Å². The molecule has 0 aliphatic carbocycles. The van der Waals surface area contributed by atoms with Crippen molar-refractivity contribution >= 4 is 23.4 Å². The first-order valence-corrected chi connectivity index (χ1v) is 8.99. The number of carbonyl (C=O) groups is 2. The number of rotatable bonds is 8. The Morgan fingerprint density at radius 1 is 1.15 bits per heavy atom. The van der Waals surface area contributed by atoms with Crippen LogP contribution in [0.15, 0.2) is 48.5 Å². The molecule has 0 unspecified atom stereocenters. The van der Waals surface area contributed by atoms with Gasteiger partial charge in [-0.15, -0.1) is 0 Å². The molecule has 5 nitrogen and oxygen atoms in total. The van der Waals surface area contributed by atoms with Crippen LogP contribution in [0.4, 0.5) is 4.39 Å². The van der Waals surface area contributed by atoms with E-state index in [9.17, 15) is 14.0 Å². The maximum Gasteiger partial charge on any atom is 0.263 e. The first kappa shape index (κ1) is 20.7. The Labute approximate surface area is 163 Å². The van der Waals surface area contributed by atoms with Gasteiger partial charge in [-0.25, -0.2) is 4.39 Å². The van der Waals surface area contributed by atoms with Crippen LogP contribution in [0, 0.1) is 5.82 Å². The molecule has 0 aliphatic rings. The van der Waals surface area contributed by atoms with Crippen LogP contribution in [-0.4, -0.2) is 35.9 Å². The highest BCUT2D eigenvalue weighted by Crippen LogP contribution is 2.17. The van der Waals surface area contributed by atoms with Gasteiger partial charge in [0.15, 0.2) is 6.10 Å². The number of nitrogens with zero attached hydrogens (tertiary/aromatic N) is 1. The fourth-order valence-corrected chi connectivity index (χ4v) is 2.53. The molecule has 0 heterocycles. The molecule has 0 spiro atoms. The SMILES string of the molecule is CCN(CC(=O)NCc1ccc(F)cc1)C(=O)[C@H](C)Oc1ccc(Cl)cc1. The lowest BCUT2D eigenvalue weighted by atomic mass is 10.2. The third kappa shape index (κ3) is 6.57. The van der Waals surface area contributed by atoms with Gasteiger partial charge in [0.1, 0.15) is 11.6 Å². The minimum absolute atomic E-state index is 0.0785. The number of nitrogens with one attached hydrogen (secondary N) is 1. The fourth-order valence-electron chi connectivity index (χ4n) is 2.40. The van der Waals surface area contributed by atoms with Crippen molar-refractivity contribution in [2.75, 3.05) is 13.1 Å². The molecule has 2 aromatic rings. The van der Waals surface area contributed by atoms with E-state index >= 15 is 0 Å². The predicted octanol–water partition coefficient (Wildman–Crippen LogP) is 3.41. The molecule has 1 N–H and O–H groups in total. The predicted molar refractivity (Wildman–Crippen MR) is 102 cm³/mol. The Bertz CT molecular complexity index is 766. The monoisotopic (exact) mass is 392 g/mol. The zero-order valence-corrected chi connectivity index (χ0v) is 16.0. The summed E-state index contributed by atoms with van der Waals surface area (Å²) in [7, 11) is 0. The van der Waals surface area contributed by atoms with Crippen LogP contribution in [0.25, 0.3) is 0 Å². The third-order valence-electron chi connectivity index (χ3n) is 3.91. The van der Waals surface area contributed by atoms with Crippen molar-refractivity contribution in [3.05, 3.63) is 64.9 Å². The maximum atomic E-state index is 12.9. The summed E-state index contributed by atoms with van der Waals surface area (Å²) in [6.45, 7) is 3.99. The number of halogens is 2. The van der Waals surface area contributed by atoms with Gasteiger partial charge in [-0.1, -0.05) is 23.7 Å². The molecule has 0 radical (unpaired) electrons. The molecule has 0 saturated carbocycles. The zero-order chi connectivity index (χ0) is 19.8. The minimum Gasteiger partial charge on any atom is -0.481 e. The van der Waals surface area contributed by atoms with E-state index in [-0.39, 0.29) is 30.7 Å². The number of likely N-dealkylation sites (N-methyl/N-ethyl adjacent to an activating group) is 1. The van der Waals surface area contributed by atoms with Crippen LogP contribution in [0.2, 0.25) is 5.02 Å². The van der Waals surface area contributed by atoms with Crippen molar-refractivity contribution in [2.45, 2.75) is 26.5 Å². The molecule has 144 valence electrons. The van der Waals surface area contributed by atoms with Crippen molar-refractivity contribution in [1.82, 2.24) is 10.2 Å². The van der Waals surface area contributed by atoms with E-state index in [1.54, 1.807) is 50.2 Å². The molecule has 0 fully saturated rings. The van der Waals surface area contributed by atoms with Gasteiger partial charge < -0.3 is 15.0 Å². The first-order chi connectivity index (χ1) is 12.9. The van der Waals surface area contributed by atoms with E-state index < -0.39 is 6.10 Å². The van der Waals surface area contributed by atoms with Crippen LogP contribution < -0.4 is 10.1 Å². The van der Waals surface area contributed by atoms with Gasteiger partial charge in [-0.2, -0.15) is 0 Å². The van der Waals surface area contributed by atoms with Gasteiger partial charge >= 0.3 is 0 Å². The largest absolute Gasteiger partial charge is 0.481 e. The number of carbonyl (C=O) groups excluding carboxylic acids is 2. The molecule has 2 rings (SSSR count). The summed E-state index contributed by atoms with van der Waals surface area (Å²) in [6.07, 6.45) is -0.740. The Morgan fingerprint density at radius 2 is 1.78 bits per heavy atom. The number of amides is 2. The maximum absolute atomic E-state index is 12.9. The molecule has 0 bridgehead atoms. The molecular formula is C20H22ClFN2O3. The second-order valence-corrected chi connectivity index (χ2v) is 6.41. The Balaban J connectivity index is 1.86. The van der Waals surface area contributed by atoms with Gasteiger partial charge in [0.05, 0.1) is 6.54 Å². The zero-order valence-electron chi connectivity index (χ0n) is 15.2. The summed E-state index contributed by atoms with van der Waals surface area (Å²) >= 11 is 5.83. The summed E-state index contributed by atoms with van der Waals surface area (Å²) in [5, 5.41) is 3.30. The Morgan fingerprint density at radius 3 is 2.37 bits per heavy atom. The molecule has 2 aromatic carbocycles. The van der Waals surface area contributed by atoms with E-state index in [2.05, 4.69) is 5.32 Å². The standard InChI is InChI=1S/C20H22ClFN2O3/c1-3-24(13-19(25)23-12-15-4-8-17(22)9-5-15)20(26)14(2)27-18-10-6-16(21)7-11-18/h4-11,14H,3,12-13H2,1-2H3,(H,23,25)/t14-/m0/s1. The quantitative estimate of drug-likeness (QED) is 0.749. The Hall–Kier alpha value is -2.60. The Kier molecular flexibility index (Phi) is 7.61. The molecular weight excluding hydrogens is 371 g/mol. The van der Waals surface area contributed by atoms with Crippen molar-refractivity contribution in [3.8, 4) is 5.75 Å². The molecule has 2 amide bonds. The summed E-state index contributed by atoms with van der Waals surface area (Å²) in [5.74, 6) is -0.392. The van der Waals surface area contributed by atoms with Crippen LogP contribution in [0.3, 0.4) is 0 Å². The smallest absolute Gasteiger partial charge is 0.263 e. The summed E-state index contributed by atoms with van der Waals surface area (Å²) in [6, 6.07) is 12.6. The van der Waals surface area contributed by atoms with E-state index in [4.69, 9.17) is 16.3 Å². The average molecular weight is 393 g/mol. The van der Waals surface area contributed by atoms with Gasteiger partial charge in [-0.05, 0) is 55.8 Å². The van der Waals surface area contributed by atoms with Crippen molar-refractivity contribution in [3.63, 3.8) is 0 Å². The first-order valence-electron chi connectivity index (χ1n) is 8.61. The number of hydrogen-bond acceptors (Lipinski definition) is 3. The molecule has 7 heteroatoms. The second-order valence-electron chi connectivity index (χ2n) is 5.97. The van der Waals surface area contributed by atoms with Crippen molar-refractivity contribution in [2.24, 2.45) is 0 Å². The highest BCUT2D eigenvalue weighted by molar-refractivity contribution is 6.30. The van der Waals surface area contributed by atoms with Crippen LogP contribution in [0.5, 0.6) is 5.75 Å². The molecule has 27 heavy (non-hydrogen) atoms. The topological polar surface area (TPSA) is 58.6 Å². The molecule has 0 aliphatic heterocycles. The highest BCUT2D eigenvalue weighted by Gasteiger charge is 2.23. The lowest BCUT2D eigenvalue weighted by molar-refractivity contribution is -0.141. The number of hydrogen-bond donors (Lipinski definition) is 1. The second kappa shape index (κ2) is 9.92. The van der Waals surface area contributed by atoms with Gasteiger partial charge in [0.25, 0.3) is 5.91 Å². The van der Waals surface area contributed by atoms with Crippen molar-refractivity contribution < 1.29 is 18.7 Å². The van der Waals surface area contributed by atoms with Gasteiger partial charge in [-0.3, -0.25) is 9.59 Å². The molecule has 0 aromatic heterocycles. The van der Waals surface area contributed by atoms with E-state index in [0.717, 1.165) is 5.56 Å². The fraction of sp³-hybridized carbons (Fsp3) is 0.300. The summed E-state index contributed by atoms with van der Waals surface area (Å²) < 4.78 is 18.5. The lowest BCUT2D eigenvalue weighted by Gasteiger charge is -2.24. The third-order valence-corrected chi connectivity index (χ3v) is 4.16. The van der Waals surface area contributed by atoms with Gasteiger partial charge in [0, 0.05) is 18.1 Å². The van der Waals surface area contributed by atoms with E-state index in [0.29, 0.717) is 17.3 Å². The molecule has 0 saturated heterocycles. The summed E-state index contributed by atoms with van der Waals surface area (Å²) in [5.41, 5.74) is 0.776. The van der Waals surface area contributed by atoms with E-state index in [1.165, 1.54) is 17.0 Å². The minimum atomic E-state index is -0.740. The highest BCUT2D eigenvalue weighted by atomic mass is 35.5. The van der Waals surface area contributed by atoms with Crippen LogP contribution >= 0.6 is 11.6 Å². The summed E-state index contributed by atoms with van der Waals surface area (Å²) in [4.78, 5) is 26.1. The van der Waals surface area contributed by atoms with Gasteiger partial charge in [0.2, 0.25) is 5.91 Å². The normalized spacial score (nSPS) is 11.6. The van der Waals surface area contributed by atoms with Crippen LogP contribution in [-0.2, 0) is 16.1 Å². The molecule has 1 atom stereocenters. The lowest BCUT2D eigenvalue weighted by Crippen LogP contribution is -2.45. The van der Waals surface area contributed by atoms with Crippen LogP contribution in [0.1, 0.15) is 19.4 Å². The van der Waals surface area contributed by atoms with Crippen molar-refractivity contribution in [1.29, 1.82) is 0 Å². The average Bonchev–Trinajstić information content (AvgIpc) is 2.66. The number of ether oxygens (including phenoxy) is 1. The number of benzene rings is 2.